The second-order valence-corrected chi connectivity index (χ2v) is 5.94. The Morgan fingerprint density at radius 2 is 2.13 bits per heavy atom. The second-order valence-electron chi connectivity index (χ2n) is 4.68. The number of aryl methyl sites for hydroxylation is 1. The first-order chi connectivity index (χ1) is 7.28. The number of hydrogen-bond donors (Lipinski definition) is 1. The summed E-state index contributed by atoms with van der Waals surface area (Å²) in [4.78, 5) is 2.98. The van der Waals surface area contributed by atoms with E-state index in [2.05, 4.69) is 31.3 Å². The van der Waals surface area contributed by atoms with Gasteiger partial charge >= 0.3 is 0 Å². The van der Waals surface area contributed by atoms with Gasteiger partial charge in [0.1, 0.15) is 0 Å². The molecule has 1 atom stereocenters. The molecule has 1 fully saturated rings. The van der Waals surface area contributed by atoms with Crippen LogP contribution in [0.2, 0.25) is 0 Å². The van der Waals surface area contributed by atoms with Crippen molar-refractivity contribution in [3.05, 3.63) is 21.9 Å². The summed E-state index contributed by atoms with van der Waals surface area (Å²) in [6.45, 7) is 5.59. The molecule has 84 valence electrons. The van der Waals surface area contributed by atoms with Crippen molar-refractivity contribution in [1.82, 2.24) is 5.32 Å². The Hall–Kier alpha value is -0.340. The Balaban J connectivity index is 1.71. The van der Waals surface area contributed by atoms with Gasteiger partial charge in [0.25, 0.3) is 0 Å². The molecule has 1 aliphatic rings. The molecule has 0 saturated heterocycles. The van der Waals surface area contributed by atoms with E-state index in [1.165, 1.54) is 35.4 Å². The summed E-state index contributed by atoms with van der Waals surface area (Å²) in [6, 6.07) is 5.21. The third-order valence-electron chi connectivity index (χ3n) is 3.07. The van der Waals surface area contributed by atoms with Gasteiger partial charge in [-0.25, -0.2) is 0 Å². The number of rotatable bonds is 6. The lowest BCUT2D eigenvalue weighted by Gasteiger charge is -2.11. The summed E-state index contributed by atoms with van der Waals surface area (Å²) in [5.74, 6) is 1.03. The van der Waals surface area contributed by atoms with Crippen LogP contribution < -0.4 is 5.32 Å². The summed E-state index contributed by atoms with van der Waals surface area (Å²) in [6.07, 6.45) is 5.46. The SMILES string of the molecule is CCc1ccc(CNC(C)CC2CC2)s1. The fourth-order valence-corrected chi connectivity index (χ4v) is 2.83. The maximum absolute atomic E-state index is 3.62. The van der Waals surface area contributed by atoms with Crippen LogP contribution in [-0.4, -0.2) is 6.04 Å². The molecular formula is C13H21NS. The average Bonchev–Trinajstić information content (AvgIpc) is 2.92. The summed E-state index contributed by atoms with van der Waals surface area (Å²) in [5, 5.41) is 3.62. The average molecular weight is 223 g/mol. The molecule has 1 aliphatic carbocycles. The van der Waals surface area contributed by atoms with E-state index in [4.69, 9.17) is 0 Å². The highest BCUT2D eigenvalue weighted by molar-refractivity contribution is 7.11. The van der Waals surface area contributed by atoms with Gasteiger partial charge in [-0.2, -0.15) is 0 Å². The van der Waals surface area contributed by atoms with Crippen molar-refractivity contribution in [3.8, 4) is 0 Å². The maximum atomic E-state index is 3.62. The molecule has 0 bridgehead atoms. The summed E-state index contributed by atoms with van der Waals surface area (Å²) in [7, 11) is 0. The molecule has 0 spiro atoms. The zero-order valence-corrected chi connectivity index (χ0v) is 10.6. The molecule has 1 nitrogen and oxygen atoms in total. The predicted molar refractivity (Wildman–Crippen MR) is 67.3 cm³/mol. The van der Waals surface area contributed by atoms with E-state index in [0.29, 0.717) is 6.04 Å². The molecule has 0 radical (unpaired) electrons. The van der Waals surface area contributed by atoms with Gasteiger partial charge in [0, 0.05) is 22.3 Å². The predicted octanol–water partition coefficient (Wildman–Crippen LogP) is 3.59. The highest BCUT2D eigenvalue weighted by Gasteiger charge is 2.23. The van der Waals surface area contributed by atoms with Crippen molar-refractivity contribution in [2.24, 2.45) is 5.92 Å². The number of thiophene rings is 1. The van der Waals surface area contributed by atoms with Crippen molar-refractivity contribution in [2.75, 3.05) is 0 Å². The topological polar surface area (TPSA) is 12.0 Å². The lowest BCUT2D eigenvalue weighted by Crippen LogP contribution is -2.25. The molecule has 2 heteroatoms. The smallest absolute Gasteiger partial charge is 0.0302 e. The molecule has 15 heavy (non-hydrogen) atoms. The third kappa shape index (κ3) is 3.62. The van der Waals surface area contributed by atoms with Crippen molar-refractivity contribution < 1.29 is 0 Å². The van der Waals surface area contributed by atoms with E-state index in [1.807, 2.05) is 11.3 Å². The second kappa shape index (κ2) is 5.13. The zero-order valence-electron chi connectivity index (χ0n) is 9.75. The van der Waals surface area contributed by atoms with Crippen LogP contribution in [0.1, 0.15) is 42.9 Å². The van der Waals surface area contributed by atoms with Crippen LogP contribution in [0.15, 0.2) is 12.1 Å². The van der Waals surface area contributed by atoms with Crippen molar-refractivity contribution in [3.63, 3.8) is 0 Å². The standard InChI is InChI=1S/C13H21NS/c1-3-12-6-7-13(15-12)9-14-10(2)8-11-4-5-11/h6-7,10-11,14H,3-5,8-9H2,1-2H3. The fraction of sp³-hybridized carbons (Fsp3) is 0.692. The van der Waals surface area contributed by atoms with E-state index < -0.39 is 0 Å². The van der Waals surface area contributed by atoms with E-state index in [-0.39, 0.29) is 0 Å². The van der Waals surface area contributed by atoms with Gasteiger partial charge in [0.05, 0.1) is 0 Å². The van der Waals surface area contributed by atoms with E-state index >= 15 is 0 Å². The minimum atomic E-state index is 0.685. The van der Waals surface area contributed by atoms with Crippen LogP contribution in [0.4, 0.5) is 0 Å². The van der Waals surface area contributed by atoms with Gasteiger partial charge in [-0.05, 0) is 37.8 Å². The summed E-state index contributed by atoms with van der Waals surface area (Å²) >= 11 is 1.95. The Labute approximate surface area is 96.9 Å². The van der Waals surface area contributed by atoms with Crippen molar-refractivity contribution in [2.45, 2.75) is 52.1 Å². The lowest BCUT2D eigenvalue weighted by molar-refractivity contribution is 0.490. The van der Waals surface area contributed by atoms with Crippen molar-refractivity contribution in [1.29, 1.82) is 0 Å². The van der Waals surface area contributed by atoms with Crippen LogP contribution in [-0.2, 0) is 13.0 Å². The molecule has 1 N–H and O–H groups in total. The van der Waals surface area contributed by atoms with E-state index in [9.17, 15) is 0 Å². The Morgan fingerprint density at radius 1 is 1.40 bits per heavy atom. The first-order valence-electron chi connectivity index (χ1n) is 6.09. The van der Waals surface area contributed by atoms with Crippen molar-refractivity contribution >= 4 is 11.3 Å². The van der Waals surface area contributed by atoms with Crippen LogP contribution in [0.5, 0.6) is 0 Å². The third-order valence-corrected chi connectivity index (χ3v) is 4.30. The molecule has 1 saturated carbocycles. The molecule has 0 aromatic carbocycles. The first kappa shape index (κ1) is 11.2. The van der Waals surface area contributed by atoms with Crippen LogP contribution >= 0.6 is 11.3 Å². The highest BCUT2D eigenvalue weighted by atomic mass is 32.1. The highest BCUT2D eigenvalue weighted by Crippen LogP contribution is 2.33. The van der Waals surface area contributed by atoms with Crippen LogP contribution in [0.25, 0.3) is 0 Å². The molecule has 1 heterocycles. The van der Waals surface area contributed by atoms with E-state index in [0.717, 1.165) is 12.5 Å². The quantitative estimate of drug-likeness (QED) is 0.777. The molecule has 1 aromatic heterocycles. The van der Waals surface area contributed by atoms with Gasteiger partial charge in [-0.1, -0.05) is 19.8 Å². The molecule has 1 unspecified atom stereocenters. The number of nitrogens with one attached hydrogen (secondary N) is 1. The first-order valence-corrected chi connectivity index (χ1v) is 6.90. The normalized spacial score (nSPS) is 18.0. The minimum absolute atomic E-state index is 0.685. The van der Waals surface area contributed by atoms with Crippen LogP contribution in [0.3, 0.4) is 0 Å². The molecule has 0 amide bonds. The lowest BCUT2D eigenvalue weighted by atomic mass is 10.1. The largest absolute Gasteiger partial charge is 0.309 e. The summed E-state index contributed by atoms with van der Waals surface area (Å²) in [5.41, 5.74) is 0. The van der Waals surface area contributed by atoms with Gasteiger partial charge in [-0.3, -0.25) is 0 Å². The van der Waals surface area contributed by atoms with Gasteiger partial charge in [0.15, 0.2) is 0 Å². The monoisotopic (exact) mass is 223 g/mol. The Kier molecular flexibility index (Phi) is 3.81. The van der Waals surface area contributed by atoms with Crippen LogP contribution in [0, 0.1) is 5.92 Å². The minimum Gasteiger partial charge on any atom is -0.309 e. The van der Waals surface area contributed by atoms with E-state index in [1.54, 1.807) is 0 Å². The zero-order chi connectivity index (χ0) is 10.7. The van der Waals surface area contributed by atoms with Gasteiger partial charge < -0.3 is 5.32 Å². The fourth-order valence-electron chi connectivity index (χ4n) is 1.92. The summed E-state index contributed by atoms with van der Waals surface area (Å²) < 4.78 is 0. The van der Waals surface area contributed by atoms with Gasteiger partial charge in [0.2, 0.25) is 0 Å². The molecular weight excluding hydrogens is 202 g/mol. The number of hydrogen-bond acceptors (Lipinski definition) is 2. The van der Waals surface area contributed by atoms with Gasteiger partial charge in [-0.15, -0.1) is 11.3 Å². The Morgan fingerprint density at radius 3 is 2.73 bits per heavy atom. The molecule has 2 rings (SSSR count). The maximum Gasteiger partial charge on any atom is 0.0302 e. The molecule has 1 aromatic rings. The Bertz CT molecular complexity index is 301. The molecule has 0 aliphatic heterocycles.